The van der Waals surface area contributed by atoms with Crippen molar-refractivity contribution in [3.8, 4) is 0 Å². The molecule has 0 unspecified atom stereocenters. The quantitative estimate of drug-likeness (QED) is 0.390. The Hall–Kier alpha value is -0.830. The van der Waals surface area contributed by atoms with Gasteiger partial charge in [0.25, 0.3) is 0 Å². The summed E-state index contributed by atoms with van der Waals surface area (Å²) in [4.78, 5) is 10.4. The van der Waals surface area contributed by atoms with Crippen LogP contribution in [0, 0.1) is 0 Å². The zero-order valence-electron chi connectivity index (χ0n) is 9.03. The summed E-state index contributed by atoms with van der Waals surface area (Å²) in [5, 5.41) is 8.98. The molecule has 1 atom stereocenters. The van der Waals surface area contributed by atoms with Crippen LogP contribution in [0.5, 0.6) is 0 Å². The molecule has 0 aromatic rings. The van der Waals surface area contributed by atoms with Crippen molar-refractivity contribution in [1.29, 1.82) is 0 Å². The third kappa shape index (κ3) is 11.2. The molecule has 0 aromatic heterocycles. The van der Waals surface area contributed by atoms with Crippen LogP contribution in [0.4, 0.5) is 0 Å². The molecule has 0 bridgehead atoms. The Balaban J connectivity index is 3.13. The van der Waals surface area contributed by atoms with E-state index in [-0.39, 0.29) is 12.1 Å². The monoisotopic (exact) mass is 200 g/mol. The molecule has 1 N–H and O–H groups in total. The van der Waals surface area contributed by atoms with Crippen LogP contribution in [-0.4, -0.2) is 17.2 Å². The van der Waals surface area contributed by atoms with Crippen LogP contribution >= 0.6 is 0 Å². The Bertz CT molecular complexity index is 173. The fourth-order valence-corrected chi connectivity index (χ4v) is 1.09. The van der Waals surface area contributed by atoms with E-state index in [9.17, 15) is 4.79 Å². The summed E-state index contributed by atoms with van der Waals surface area (Å²) in [6.07, 6.45) is 8.13. The number of aliphatic hydroxyl groups excluding tert-OH is 1. The number of hydrogen-bond donors (Lipinski definition) is 1. The summed E-state index contributed by atoms with van der Waals surface area (Å²) in [5.41, 5.74) is 0. The Morgan fingerprint density at radius 1 is 1.43 bits per heavy atom. The van der Waals surface area contributed by atoms with Crippen LogP contribution in [0.1, 0.15) is 46.0 Å². The minimum Gasteiger partial charge on any atom is -0.435 e. The first-order valence-corrected chi connectivity index (χ1v) is 5.13. The first kappa shape index (κ1) is 13.2. The maximum Gasteiger partial charge on any atom is 0.307 e. The molecule has 0 spiro atoms. The molecule has 0 saturated carbocycles. The first-order chi connectivity index (χ1) is 6.63. The highest BCUT2D eigenvalue weighted by atomic mass is 16.5. The van der Waals surface area contributed by atoms with Gasteiger partial charge < -0.3 is 9.84 Å². The van der Waals surface area contributed by atoms with Crippen LogP contribution < -0.4 is 0 Å². The molecule has 0 aliphatic carbocycles. The molecule has 0 fully saturated rings. The summed E-state index contributed by atoms with van der Waals surface area (Å²) in [7, 11) is 0. The fraction of sp³-hybridized carbons (Fsp3) is 0.727. The summed E-state index contributed by atoms with van der Waals surface area (Å²) >= 11 is 0. The number of aliphatic hydroxyl groups is 1. The van der Waals surface area contributed by atoms with Gasteiger partial charge in [-0.15, -0.1) is 0 Å². The van der Waals surface area contributed by atoms with Crippen LogP contribution in [0.2, 0.25) is 0 Å². The zero-order valence-corrected chi connectivity index (χ0v) is 9.03. The van der Waals surface area contributed by atoms with E-state index in [0.717, 1.165) is 32.1 Å². The van der Waals surface area contributed by atoms with Crippen molar-refractivity contribution < 1.29 is 14.6 Å². The molecule has 0 amide bonds. The normalized spacial score (nSPS) is 13.1. The van der Waals surface area contributed by atoms with Crippen molar-refractivity contribution in [1.82, 2.24) is 0 Å². The molecular weight excluding hydrogens is 180 g/mol. The fourth-order valence-electron chi connectivity index (χ4n) is 1.09. The van der Waals surface area contributed by atoms with Crippen molar-refractivity contribution in [2.24, 2.45) is 0 Å². The summed E-state index contributed by atoms with van der Waals surface area (Å²) in [6, 6.07) is 0. The Labute approximate surface area is 85.8 Å². The number of ether oxygens (including phenoxy) is 1. The molecule has 0 rings (SSSR count). The van der Waals surface area contributed by atoms with Gasteiger partial charge in [0.15, 0.2) is 0 Å². The third-order valence-corrected chi connectivity index (χ3v) is 1.82. The summed E-state index contributed by atoms with van der Waals surface area (Å²) < 4.78 is 4.63. The van der Waals surface area contributed by atoms with Gasteiger partial charge in [-0.05, 0) is 32.3 Å². The maximum absolute atomic E-state index is 10.4. The van der Waals surface area contributed by atoms with Gasteiger partial charge in [-0.1, -0.05) is 12.8 Å². The highest BCUT2D eigenvalue weighted by Crippen LogP contribution is 2.05. The molecule has 0 aliphatic heterocycles. The second kappa shape index (κ2) is 8.75. The lowest BCUT2D eigenvalue weighted by Crippen LogP contribution is -1.97. The smallest absolute Gasteiger partial charge is 0.307 e. The molecule has 0 radical (unpaired) electrons. The lowest BCUT2D eigenvalue weighted by Gasteiger charge is -2.01. The molecule has 0 aliphatic rings. The van der Waals surface area contributed by atoms with E-state index >= 15 is 0 Å². The summed E-state index contributed by atoms with van der Waals surface area (Å²) in [6.45, 7) is 3.19. The number of esters is 1. The van der Waals surface area contributed by atoms with E-state index in [0.29, 0.717) is 0 Å². The van der Waals surface area contributed by atoms with E-state index < -0.39 is 0 Å². The van der Waals surface area contributed by atoms with E-state index in [2.05, 4.69) is 4.74 Å². The van der Waals surface area contributed by atoms with Crippen LogP contribution in [0.3, 0.4) is 0 Å². The number of carbonyl (C=O) groups excluding carboxylic acids is 1. The van der Waals surface area contributed by atoms with E-state index in [1.54, 1.807) is 6.92 Å². The number of unbranched alkanes of at least 4 members (excludes halogenated alkanes) is 3. The van der Waals surface area contributed by atoms with Gasteiger partial charge in [-0.25, -0.2) is 0 Å². The molecule has 3 nitrogen and oxygen atoms in total. The lowest BCUT2D eigenvalue weighted by molar-refractivity contribution is -0.135. The van der Waals surface area contributed by atoms with Crippen molar-refractivity contribution in [3.05, 3.63) is 12.3 Å². The Kier molecular flexibility index (Phi) is 8.24. The molecule has 0 heterocycles. The van der Waals surface area contributed by atoms with Gasteiger partial charge in [0.2, 0.25) is 0 Å². The predicted molar refractivity (Wildman–Crippen MR) is 55.7 cm³/mol. The van der Waals surface area contributed by atoms with Gasteiger partial charge >= 0.3 is 5.97 Å². The molecular formula is C11H20O3. The maximum atomic E-state index is 10.4. The van der Waals surface area contributed by atoms with Crippen LogP contribution in [-0.2, 0) is 9.53 Å². The Morgan fingerprint density at radius 2 is 2.14 bits per heavy atom. The highest BCUT2D eigenvalue weighted by molar-refractivity contribution is 5.66. The zero-order chi connectivity index (χ0) is 10.8. The molecule has 82 valence electrons. The predicted octanol–water partition coefficient (Wildman–Crippen LogP) is 2.39. The Morgan fingerprint density at radius 3 is 2.71 bits per heavy atom. The van der Waals surface area contributed by atoms with E-state index in [1.165, 1.54) is 13.2 Å². The van der Waals surface area contributed by atoms with Gasteiger partial charge in [0.1, 0.15) is 0 Å². The molecule has 3 heteroatoms. The van der Waals surface area contributed by atoms with Gasteiger partial charge in [-0.3, -0.25) is 4.79 Å². The largest absolute Gasteiger partial charge is 0.435 e. The van der Waals surface area contributed by atoms with Crippen LogP contribution in [0.15, 0.2) is 12.3 Å². The average Bonchev–Trinajstić information content (AvgIpc) is 2.08. The van der Waals surface area contributed by atoms with Crippen LogP contribution in [0.25, 0.3) is 0 Å². The number of hydrogen-bond acceptors (Lipinski definition) is 3. The second-order valence-electron chi connectivity index (χ2n) is 3.47. The number of rotatable bonds is 7. The third-order valence-electron chi connectivity index (χ3n) is 1.82. The molecule has 0 aromatic carbocycles. The number of allylic oxidation sites excluding steroid dienone is 1. The average molecular weight is 200 g/mol. The minimum atomic E-state index is -0.282. The summed E-state index contributed by atoms with van der Waals surface area (Å²) in [5.74, 6) is -0.282. The van der Waals surface area contributed by atoms with Crippen molar-refractivity contribution in [2.75, 3.05) is 0 Å². The van der Waals surface area contributed by atoms with Crippen molar-refractivity contribution >= 4 is 5.97 Å². The standard InChI is InChI=1S/C11H20O3/c1-10(12)8-6-4-3-5-7-9-14-11(2)13/h7,9-10,12H,3-6,8H2,1-2H3/b9-7-/t10-/m1/s1. The van der Waals surface area contributed by atoms with Gasteiger partial charge in [0, 0.05) is 6.92 Å². The molecule has 14 heavy (non-hydrogen) atoms. The van der Waals surface area contributed by atoms with Gasteiger partial charge in [0.05, 0.1) is 12.4 Å². The topological polar surface area (TPSA) is 46.5 Å². The number of carbonyl (C=O) groups is 1. The highest BCUT2D eigenvalue weighted by Gasteiger charge is 1.94. The second-order valence-corrected chi connectivity index (χ2v) is 3.47. The molecule has 0 saturated heterocycles. The first-order valence-electron chi connectivity index (χ1n) is 5.13. The van der Waals surface area contributed by atoms with E-state index in [1.807, 2.05) is 6.08 Å². The lowest BCUT2D eigenvalue weighted by atomic mass is 10.1. The van der Waals surface area contributed by atoms with Crippen molar-refractivity contribution in [2.45, 2.75) is 52.1 Å². The minimum absolute atomic E-state index is 0.188. The SMILES string of the molecule is CC(=O)O/C=C\CCCCC[C@@H](C)O. The van der Waals surface area contributed by atoms with Gasteiger partial charge in [-0.2, -0.15) is 0 Å². The van der Waals surface area contributed by atoms with E-state index in [4.69, 9.17) is 5.11 Å². The van der Waals surface area contributed by atoms with Crippen molar-refractivity contribution in [3.63, 3.8) is 0 Å².